The van der Waals surface area contributed by atoms with E-state index < -0.39 is 13.9 Å². The Morgan fingerprint density at radius 3 is 2.38 bits per heavy atom. The van der Waals surface area contributed by atoms with Gasteiger partial charge in [0.2, 0.25) is 0 Å². The van der Waals surface area contributed by atoms with Gasteiger partial charge < -0.3 is 4.43 Å². The van der Waals surface area contributed by atoms with Gasteiger partial charge in [0, 0.05) is 0 Å². The minimum absolute atomic E-state index is 0.823. The molecule has 0 spiro atoms. The number of hydrogen-bond acceptors (Lipinski definition) is 2. The van der Waals surface area contributed by atoms with Crippen LogP contribution in [0.1, 0.15) is 18.1 Å². The molecular weight excluding hydrogens is 214 g/mol. The number of benzene rings is 1. The van der Waals surface area contributed by atoms with Gasteiger partial charge in [-0.3, -0.25) is 0 Å². The summed E-state index contributed by atoms with van der Waals surface area (Å²) in [5.74, 6) is 0. The van der Waals surface area contributed by atoms with E-state index in [1.54, 1.807) is 0 Å². The van der Waals surface area contributed by atoms with Crippen molar-refractivity contribution in [2.24, 2.45) is 0 Å². The van der Waals surface area contributed by atoms with Crippen molar-refractivity contribution in [1.29, 1.82) is 5.26 Å². The van der Waals surface area contributed by atoms with Gasteiger partial charge in [-0.25, -0.2) is 0 Å². The van der Waals surface area contributed by atoms with E-state index in [4.69, 9.17) is 4.43 Å². The van der Waals surface area contributed by atoms with Gasteiger partial charge in [-0.2, -0.15) is 5.26 Å². The monoisotopic (exact) mass is 233 g/mol. The second-order valence-corrected chi connectivity index (χ2v) is 9.66. The number of nitriles is 1. The SMILES string of the molecule is Cc1cccc(C(C)(C#N)O[Si](C)(C)C)c1. The van der Waals surface area contributed by atoms with Crippen LogP contribution >= 0.6 is 0 Å². The van der Waals surface area contributed by atoms with Crippen molar-refractivity contribution in [1.82, 2.24) is 0 Å². The molecule has 0 bridgehead atoms. The summed E-state index contributed by atoms with van der Waals surface area (Å²) in [5, 5.41) is 9.34. The molecule has 1 aromatic carbocycles. The predicted molar refractivity (Wildman–Crippen MR) is 68.6 cm³/mol. The fraction of sp³-hybridized carbons (Fsp3) is 0.462. The summed E-state index contributed by atoms with van der Waals surface area (Å²) in [6.07, 6.45) is 0. The first-order chi connectivity index (χ1) is 7.27. The standard InChI is InChI=1S/C13H19NOSi/c1-11-7-6-8-12(9-11)13(2,10-14)15-16(3,4)5/h6-9H,1-5H3. The zero-order chi connectivity index (χ0) is 12.4. The van der Waals surface area contributed by atoms with Crippen molar-refractivity contribution in [3.8, 4) is 6.07 Å². The summed E-state index contributed by atoms with van der Waals surface area (Å²) in [6, 6.07) is 10.3. The molecule has 0 aliphatic heterocycles. The largest absolute Gasteiger partial charge is 0.397 e. The number of rotatable bonds is 3. The van der Waals surface area contributed by atoms with Crippen LogP contribution in [0.5, 0.6) is 0 Å². The highest BCUT2D eigenvalue weighted by Crippen LogP contribution is 2.28. The third-order valence-electron chi connectivity index (χ3n) is 2.29. The molecule has 1 aromatic rings. The Morgan fingerprint density at radius 1 is 1.31 bits per heavy atom. The zero-order valence-electron chi connectivity index (χ0n) is 10.7. The Hall–Kier alpha value is -1.11. The fourth-order valence-electron chi connectivity index (χ4n) is 1.70. The van der Waals surface area contributed by atoms with Gasteiger partial charge in [-0.15, -0.1) is 0 Å². The lowest BCUT2D eigenvalue weighted by Crippen LogP contribution is -2.37. The summed E-state index contributed by atoms with van der Waals surface area (Å²) in [6.45, 7) is 10.2. The van der Waals surface area contributed by atoms with E-state index in [-0.39, 0.29) is 0 Å². The molecule has 0 radical (unpaired) electrons. The molecule has 16 heavy (non-hydrogen) atoms. The van der Waals surface area contributed by atoms with Crippen LogP contribution in [-0.4, -0.2) is 8.32 Å². The highest BCUT2D eigenvalue weighted by atomic mass is 28.4. The Kier molecular flexibility index (Phi) is 3.56. The van der Waals surface area contributed by atoms with Gasteiger partial charge in [0.15, 0.2) is 13.9 Å². The maximum atomic E-state index is 9.34. The molecule has 0 amide bonds. The normalized spacial score (nSPS) is 15.2. The van der Waals surface area contributed by atoms with E-state index in [1.807, 2.05) is 38.1 Å². The molecule has 0 heterocycles. The average molecular weight is 233 g/mol. The molecule has 1 unspecified atom stereocenters. The van der Waals surface area contributed by atoms with E-state index in [0.717, 1.165) is 11.1 Å². The number of hydrogen-bond donors (Lipinski definition) is 0. The van der Waals surface area contributed by atoms with Crippen molar-refractivity contribution in [2.75, 3.05) is 0 Å². The highest BCUT2D eigenvalue weighted by molar-refractivity contribution is 6.69. The van der Waals surface area contributed by atoms with Gasteiger partial charge in [0.25, 0.3) is 0 Å². The van der Waals surface area contributed by atoms with E-state index in [0.29, 0.717) is 0 Å². The fourth-order valence-corrected chi connectivity index (χ4v) is 3.09. The maximum Gasteiger partial charge on any atom is 0.186 e. The van der Waals surface area contributed by atoms with Crippen molar-refractivity contribution in [3.05, 3.63) is 35.4 Å². The van der Waals surface area contributed by atoms with Crippen LogP contribution in [0.4, 0.5) is 0 Å². The summed E-state index contributed by atoms with van der Waals surface area (Å²) >= 11 is 0. The third-order valence-corrected chi connectivity index (χ3v) is 3.31. The predicted octanol–water partition coefficient (Wildman–Crippen LogP) is 3.59. The summed E-state index contributed by atoms with van der Waals surface area (Å²) in [7, 11) is -1.74. The average Bonchev–Trinajstić information content (AvgIpc) is 2.15. The lowest BCUT2D eigenvalue weighted by atomic mass is 9.96. The lowest BCUT2D eigenvalue weighted by Gasteiger charge is -2.31. The topological polar surface area (TPSA) is 33.0 Å². The van der Waals surface area contributed by atoms with E-state index >= 15 is 0 Å². The quantitative estimate of drug-likeness (QED) is 0.747. The molecule has 0 aliphatic carbocycles. The van der Waals surface area contributed by atoms with Crippen LogP contribution in [0, 0.1) is 18.3 Å². The molecule has 0 aromatic heterocycles. The molecule has 0 saturated carbocycles. The summed E-state index contributed by atoms with van der Waals surface area (Å²) < 4.78 is 5.99. The molecule has 1 atom stereocenters. The molecule has 2 nitrogen and oxygen atoms in total. The van der Waals surface area contributed by atoms with Gasteiger partial charge >= 0.3 is 0 Å². The van der Waals surface area contributed by atoms with E-state index in [1.165, 1.54) is 0 Å². The number of nitrogens with zero attached hydrogens (tertiary/aromatic N) is 1. The van der Waals surface area contributed by atoms with Crippen LogP contribution in [0.2, 0.25) is 19.6 Å². The molecule has 0 fully saturated rings. The summed E-state index contributed by atoms with van der Waals surface area (Å²) in [4.78, 5) is 0. The highest BCUT2D eigenvalue weighted by Gasteiger charge is 2.33. The Labute approximate surface area is 99.0 Å². The summed E-state index contributed by atoms with van der Waals surface area (Å²) in [5.41, 5.74) is 1.27. The molecule has 3 heteroatoms. The third kappa shape index (κ3) is 3.19. The second-order valence-electron chi connectivity index (χ2n) is 5.23. The molecule has 0 aliphatic rings. The Bertz CT molecular complexity index is 417. The van der Waals surface area contributed by atoms with Crippen molar-refractivity contribution >= 4 is 8.32 Å². The first-order valence-electron chi connectivity index (χ1n) is 5.45. The van der Waals surface area contributed by atoms with Crippen LogP contribution in [0.25, 0.3) is 0 Å². The lowest BCUT2D eigenvalue weighted by molar-refractivity contribution is 0.141. The van der Waals surface area contributed by atoms with Gasteiger partial charge in [0.05, 0.1) is 0 Å². The van der Waals surface area contributed by atoms with Crippen LogP contribution < -0.4 is 0 Å². The van der Waals surface area contributed by atoms with Crippen LogP contribution in [0.15, 0.2) is 24.3 Å². The smallest absolute Gasteiger partial charge is 0.186 e. The molecule has 1 rings (SSSR count). The van der Waals surface area contributed by atoms with E-state index in [9.17, 15) is 5.26 Å². The van der Waals surface area contributed by atoms with Gasteiger partial charge in [-0.1, -0.05) is 29.8 Å². The first kappa shape index (κ1) is 13.0. The van der Waals surface area contributed by atoms with Crippen LogP contribution in [0.3, 0.4) is 0 Å². The minimum Gasteiger partial charge on any atom is -0.397 e. The van der Waals surface area contributed by atoms with Crippen molar-refractivity contribution in [2.45, 2.75) is 39.1 Å². The number of aryl methyl sites for hydroxylation is 1. The van der Waals surface area contributed by atoms with E-state index in [2.05, 4.69) is 25.7 Å². The second kappa shape index (κ2) is 4.40. The molecular formula is C13H19NOSi. The zero-order valence-corrected chi connectivity index (χ0v) is 11.7. The molecule has 0 saturated heterocycles. The minimum atomic E-state index is -1.74. The maximum absolute atomic E-state index is 9.34. The van der Waals surface area contributed by atoms with Crippen molar-refractivity contribution in [3.63, 3.8) is 0 Å². The molecule has 0 N–H and O–H groups in total. The van der Waals surface area contributed by atoms with Crippen LogP contribution in [-0.2, 0) is 10.0 Å². The Morgan fingerprint density at radius 2 is 1.94 bits per heavy atom. The van der Waals surface area contributed by atoms with Gasteiger partial charge in [-0.05, 0) is 39.1 Å². The van der Waals surface area contributed by atoms with Crippen molar-refractivity contribution < 1.29 is 4.43 Å². The first-order valence-corrected chi connectivity index (χ1v) is 8.86. The Balaban J connectivity index is 3.11. The van der Waals surface area contributed by atoms with Gasteiger partial charge in [0.1, 0.15) is 6.07 Å². The molecule has 86 valence electrons.